The zero-order valence-corrected chi connectivity index (χ0v) is 19.4. The molecule has 158 valence electrons. The number of hydrogen-bond donors (Lipinski definition) is 1. The van der Waals surface area contributed by atoms with Gasteiger partial charge in [0.2, 0.25) is 5.89 Å². The average molecular weight is 522 g/mol. The number of rotatable bonds is 5. The maximum absolute atomic E-state index is 12.8. The number of benzene rings is 3. The van der Waals surface area contributed by atoms with Crippen LogP contribution >= 0.6 is 39.1 Å². The number of methoxy groups -OCH3 is 2. The molecule has 0 radical (unpaired) electrons. The lowest BCUT2D eigenvalue weighted by Gasteiger charge is -2.11. The van der Waals surface area contributed by atoms with E-state index in [0.717, 1.165) is 10.0 Å². The van der Waals surface area contributed by atoms with Gasteiger partial charge in [0.25, 0.3) is 5.91 Å². The number of oxazole rings is 1. The first-order valence-corrected chi connectivity index (χ1v) is 10.5. The van der Waals surface area contributed by atoms with Crippen molar-refractivity contribution in [2.45, 2.75) is 0 Å². The lowest BCUT2D eigenvalue weighted by atomic mass is 10.1. The van der Waals surface area contributed by atoms with Gasteiger partial charge in [0.1, 0.15) is 17.0 Å². The van der Waals surface area contributed by atoms with Crippen molar-refractivity contribution in [3.05, 3.63) is 68.6 Å². The van der Waals surface area contributed by atoms with Crippen LogP contribution in [-0.2, 0) is 0 Å². The third-order valence-electron chi connectivity index (χ3n) is 4.50. The predicted octanol–water partition coefficient (Wildman–Crippen LogP) is 6.83. The van der Waals surface area contributed by atoms with Gasteiger partial charge in [-0.3, -0.25) is 4.79 Å². The van der Waals surface area contributed by atoms with Crippen molar-refractivity contribution in [1.29, 1.82) is 0 Å². The molecule has 0 atom stereocenters. The summed E-state index contributed by atoms with van der Waals surface area (Å²) in [6, 6.07) is 13.7. The molecule has 1 aromatic heterocycles. The molecule has 0 saturated carbocycles. The summed E-state index contributed by atoms with van der Waals surface area (Å²) >= 11 is 15.6. The van der Waals surface area contributed by atoms with Crippen LogP contribution < -0.4 is 14.8 Å². The number of fused-ring (bicyclic) bond motifs is 1. The Bertz CT molecular complexity index is 1310. The van der Waals surface area contributed by atoms with Crippen LogP contribution in [0.25, 0.3) is 22.6 Å². The van der Waals surface area contributed by atoms with Gasteiger partial charge >= 0.3 is 0 Å². The average Bonchev–Trinajstić information content (AvgIpc) is 3.16. The molecule has 0 aliphatic rings. The Morgan fingerprint density at radius 1 is 1.06 bits per heavy atom. The molecule has 0 aliphatic carbocycles. The van der Waals surface area contributed by atoms with Crippen molar-refractivity contribution in [2.24, 2.45) is 0 Å². The van der Waals surface area contributed by atoms with Gasteiger partial charge in [-0.15, -0.1) is 0 Å². The highest BCUT2D eigenvalue weighted by Gasteiger charge is 2.18. The second kappa shape index (κ2) is 8.78. The van der Waals surface area contributed by atoms with Crippen LogP contribution in [0.3, 0.4) is 0 Å². The largest absolute Gasteiger partial charge is 0.496 e. The molecule has 1 N–H and O–H groups in total. The molecule has 0 unspecified atom stereocenters. The van der Waals surface area contributed by atoms with Crippen LogP contribution in [0.5, 0.6) is 11.5 Å². The van der Waals surface area contributed by atoms with E-state index >= 15 is 0 Å². The number of aromatic nitrogens is 1. The minimum Gasteiger partial charge on any atom is -0.496 e. The normalized spacial score (nSPS) is 10.9. The van der Waals surface area contributed by atoms with Crippen molar-refractivity contribution in [2.75, 3.05) is 19.5 Å². The maximum atomic E-state index is 12.8. The molecular formula is C22H15BrCl2N2O4. The van der Waals surface area contributed by atoms with Crippen molar-refractivity contribution in [3.63, 3.8) is 0 Å². The molecule has 0 bridgehead atoms. The van der Waals surface area contributed by atoms with Crippen molar-refractivity contribution < 1.29 is 18.7 Å². The first-order valence-electron chi connectivity index (χ1n) is 8.98. The van der Waals surface area contributed by atoms with E-state index in [9.17, 15) is 4.79 Å². The van der Waals surface area contributed by atoms with Crippen LogP contribution in [0.1, 0.15) is 10.4 Å². The number of carbonyl (C=O) groups is 1. The predicted molar refractivity (Wildman–Crippen MR) is 125 cm³/mol. The second-order valence-corrected chi connectivity index (χ2v) is 8.17. The molecule has 0 spiro atoms. The first-order chi connectivity index (χ1) is 14.9. The molecule has 1 amide bonds. The molecular weight excluding hydrogens is 507 g/mol. The lowest BCUT2D eigenvalue weighted by molar-refractivity contribution is 0.102. The molecule has 0 saturated heterocycles. The number of ether oxygens (including phenoxy) is 2. The Morgan fingerprint density at radius 2 is 1.87 bits per heavy atom. The molecule has 6 nitrogen and oxygen atoms in total. The number of halogens is 3. The quantitative estimate of drug-likeness (QED) is 0.311. The minimum absolute atomic E-state index is 0.226. The zero-order valence-electron chi connectivity index (χ0n) is 16.3. The summed E-state index contributed by atoms with van der Waals surface area (Å²) in [7, 11) is 3.04. The summed E-state index contributed by atoms with van der Waals surface area (Å²) in [5.41, 5.74) is 2.72. The van der Waals surface area contributed by atoms with Crippen LogP contribution in [0.4, 0.5) is 5.69 Å². The molecule has 31 heavy (non-hydrogen) atoms. The molecule has 0 aliphatic heterocycles. The second-order valence-electron chi connectivity index (χ2n) is 6.47. The van der Waals surface area contributed by atoms with Gasteiger partial charge in [0.05, 0.1) is 29.3 Å². The highest BCUT2D eigenvalue weighted by Crippen LogP contribution is 2.34. The van der Waals surface area contributed by atoms with E-state index in [2.05, 4.69) is 26.2 Å². The standard InChI is InChI=1S/C22H15BrCl2N2O4/c1-29-18-5-3-11(7-15(18)23)22-27-17-10-13(4-6-19(17)31-22)26-21(28)14-8-12(24)9-16(25)20(14)30-2/h3-10H,1-2H3,(H,26,28). The van der Waals surface area contributed by atoms with Crippen LogP contribution in [0, 0.1) is 0 Å². The van der Waals surface area contributed by atoms with Gasteiger partial charge in [-0.1, -0.05) is 23.2 Å². The maximum Gasteiger partial charge on any atom is 0.259 e. The summed E-state index contributed by atoms with van der Waals surface area (Å²) in [6.45, 7) is 0. The van der Waals surface area contributed by atoms with Crippen molar-refractivity contribution >= 4 is 61.8 Å². The van der Waals surface area contributed by atoms with E-state index < -0.39 is 5.91 Å². The SMILES string of the molecule is COc1ccc(-c2nc3cc(NC(=O)c4cc(Cl)cc(Cl)c4OC)ccc3o2)cc1Br. The molecule has 9 heteroatoms. The first kappa shape index (κ1) is 21.5. The van der Waals surface area contributed by atoms with E-state index in [1.54, 1.807) is 25.3 Å². The molecule has 4 aromatic rings. The van der Waals surface area contributed by atoms with Crippen LogP contribution in [0.15, 0.2) is 57.4 Å². The number of hydrogen-bond acceptors (Lipinski definition) is 5. The van der Waals surface area contributed by atoms with Crippen molar-refractivity contribution in [3.8, 4) is 23.0 Å². The van der Waals surface area contributed by atoms with Crippen LogP contribution in [-0.4, -0.2) is 25.1 Å². The van der Waals surface area contributed by atoms with Gasteiger partial charge in [0.15, 0.2) is 5.58 Å². The van der Waals surface area contributed by atoms with E-state index in [4.69, 9.17) is 37.1 Å². The topological polar surface area (TPSA) is 73.6 Å². The van der Waals surface area contributed by atoms with E-state index in [-0.39, 0.29) is 16.3 Å². The molecule has 3 aromatic carbocycles. The van der Waals surface area contributed by atoms with Gasteiger partial charge in [-0.05, 0) is 64.5 Å². The molecule has 4 rings (SSSR count). The summed E-state index contributed by atoms with van der Waals surface area (Å²) in [4.78, 5) is 17.3. The summed E-state index contributed by atoms with van der Waals surface area (Å²) in [6.07, 6.45) is 0. The minimum atomic E-state index is -0.414. The lowest BCUT2D eigenvalue weighted by Crippen LogP contribution is -2.13. The van der Waals surface area contributed by atoms with Gasteiger partial charge < -0.3 is 19.2 Å². The van der Waals surface area contributed by atoms with E-state index in [1.807, 2.05) is 18.2 Å². The monoisotopic (exact) mass is 520 g/mol. The number of nitrogens with one attached hydrogen (secondary N) is 1. The number of amides is 1. The van der Waals surface area contributed by atoms with Gasteiger partial charge in [0, 0.05) is 16.3 Å². The fourth-order valence-electron chi connectivity index (χ4n) is 3.06. The third kappa shape index (κ3) is 4.35. The molecule has 1 heterocycles. The Morgan fingerprint density at radius 3 is 2.58 bits per heavy atom. The Balaban J connectivity index is 1.63. The fraction of sp³-hybridized carbons (Fsp3) is 0.0909. The summed E-state index contributed by atoms with van der Waals surface area (Å²) < 4.78 is 17.1. The highest BCUT2D eigenvalue weighted by atomic mass is 79.9. The Hall–Kier alpha value is -2.74. The fourth-order valence-corrected chi connectivity index (χ4v) is 4.17. The summed E-state index contributed by atoms with van der Waals surface area (Å²) in [5, 5.41) is 3.39. The number of anilines is 1. The highest BCUT2D eigenvalue weighted by molar-refractivity contribution is 9.10. The molecule has 0 fully saturated rings. The Kier molecular flexibility index (Phi) is 6.09. The van der Waals surface area contributed by atoms with Crippen LogP contribution in [0.2, 0.25) is 10.0 Å². The number of carbonyl (C=O) groups excluding carboxylic acids is 1. The number of nitrogens with zero attached hydrogens (tertiary/aromatic N) is 1. The smallest absolute Gasteiger partial charge is 0.259 e. The van der Waals surface area contributed by atoms with Gasteiger partial charge in [-0.2, -0.15) is 0 Å². The van der Waals surface area contributed by atoms with E-state index in [1.165, 1.54) is 19.2 Å². The van der Waals surface area contributed by atoms with Gasteiger partial charge in [-0.25, -0.2) is 4.98 Å². The van der Waals surface area contributed by atoms with E-state index in [0.29, 0.717) is 33.4 Å². The van der Waals surface area contributed by atoms with Crippen molar-refractivity contribution in [1.82, 2.24) is 4.98 Å². The third-order valence-corrected chi connectivity index (χ3v) is 5.62. The Labute approximate surface area is 196 Å². The zero-order chi connectivity index (χ0) is 22.1. The summed E-state index contributed by atoms with van der Waals surface area (Å²) in [5.74, 6) is 0.994.